The van der Waals surface area contributed by atoms with Gasteiger partial charge in [-0.05, 0) is 36.6 Å². The first-order valence-corrected chi connectivity index (χ1v) is 9.00. The first-order valence-electron chi connectivity index (χ1n) is 9.00. The molecule has 1 unspecified atom stereocenters. The van der Waals surface area contributed by atoms with E-state index >= 15 is 0 Å². The molecule has 1 heterocycles. The summed E-state index contributed by atoms with van der Waals surface area (Å²) in [5.74, 6) is -0.0500. The number of carbonyl (C=O) groups is 2. The fourth-order valence-electron chi connectivity index (χ4n) is 3.34. The maximum absolute atomic E-state index is 12.6. The number of ether oxygens (including phenoxy) is 2. The van der Waals surface area contributed by atoms with Crippen molar-refractivity contribution < 1.29 is 24.2 Å². The quantitative estimate of drug-likeness (QED) is 0.733. The van der Waals surface area contributed by atoms with Crippen molar-refractivity contribution >= 4 is 28.3 Å². The lowest BCUT2D eigenvalue weighted by atomic mass is 10.1. The second-order valence-electron chi connectivity index (χ2n) is 6.56. The van der Waals surface area contributed by atoms with Crippen LogP contribution in [-0.4, -0.2) is 36.2 Å². The number of nitrogens with zero attached hydrogens (tertiary/aromatic N) is 1. The van der Waals surface area contributed by atoms with Crippen molar-refractivity contribution in [1.82, 2.24) is 0 Å². The number of fused-ring (bicyclic) bond motifs is 2. The molecule has 142 valence electrons. The molecule has 1 amide bonds. The molecular weight excluding hydrogens is 358 g/mol. The zero-order valence-corrected chi connectivity index (χ0v) is 15.3. The van der Waals surface area contributed by atoms with Crippen LogP contribution in [0.15, 0.2) is 60.7 Å². The van der Waals surface area contributed by atoms with Crippen molar-refractivity contribution in [3.63, 3.8) is 0 Å². The Bertz CT molecular complexity index is 1060. The van der Waals surface area contributed by atoms with E-state index in [4.69, 9.17) is 9.47 Å². The summed E-state index contributed by atoms with van der Waals surface area (Å²) in [7, 11) is 0. The van der Waals surface area contributed by atoms with Gasteiger partial charge in [0, 0.05) is 5.39 Å². The number of carbonyl (C=O) groups excluding carboxylic acids is 1. The Hall–Kier alpha value is -3.54. The highest BCUT2D eigenvalue weighted by Gasteiger charge is 2.32. The average Bonchev–Trinajstić information content (AvgIpc) is 2.70. The number of aromatic carboxylic acids is 1. The lowest BCUT2D eigenvalue weighted by molar-refractivity contribution is -0.125. The maximum Gasteiger partial charge on any atom is 0.335 e. The Morgan fingerprint density at radius 1 is 1.14 bits per heavy atom. The summed E-state index contributed by atoms with van der Waals surface area (Å²) in [4.78, 5) is 25.4. The molecule has 0 bridgehead atoms. The Kier molecular flexibility index (Phi) is 4.61. The zero-order valence-electron chi connectivity index (χ0n) is 15.3. The summed E-state index contributed by atoms with van der Waals surface area (Å²) < 4.78 is 11.6. The van der Waals surface area contributed by atoms with Gasteiger partial charge >= 0.3 is 5.97 Å². The van der Waals surface area contributed by atoms with Gasteiger partial charge in [-0.15, -0.1) is 0 Å². The number of hydrogen-bond acceptors (Lipinski definition) is 4. The summed E-state index contributed by atoms with van der Waals surface area (Å²) in [6.07, 6.45) is -0.638. The molecule has 1 atom stereocenters. The molecule has 3 aromatic carbocycles. The van der Waals surface area contributed by atoms with Crippen molar-refractivity contribution in [2.24, 2.45) is 0 Å². The highest BCUT2D eigenvalue weighted by molar-refractivity contribution is 6.01. The minimum Gasteiger partial charge on any atom is -0.491 e. The van der Waals surface area contributed by atoms with Gasteiger partial charge in [-0.2, -0.15) is 0 Å². The summed E-state index contributed by atoms with van der Waals surface area (Å²) in [5.41, 5.74) is 0.550. The molecule has 0 saturated carbocycles. The molecule has 3 aromatic rings. The van der Waals surface area contributed by atoms with Crippen LogP contribution in [0.3, 0.4) is 0 Å². The van der Waals surface area contributed by atoms with Crippen LogP contribution in [-0.2, 0) is 4.79 Å². The van der Waals surface area contributed by atoms with Gasteiger partial charge in [-0.1, -0.05) is 36.4 Å². The van der Waals surface area contributed by atoms with Crippen LogP contribution >= 0.6 is 0 Å². The molecule has 4 rings (SSSR count). The molecule has 0 radical (unpaired) electrons. The van der Waals surface area contributed by atoms with Crippen molar-refractivity contribution in [2.45, 2.75) is 13.0 Å². The van der Waals surface area contributed by atoms with E-state index < -0.39 is 12.1 Å². The number of hydrogen-bond donors (Lipinski definition) is 1. The predicted molar refractivity (Wildman–Crippen MR) is 105 cm³/mol. The topological polar surface area (TPSA) is 76.1 Å². The number of anilines is 1. The lowest BCUT2D eigenvalue weighted by Gasteiger charge is -2.33. The summed E-state index contributed by atoms with van der Waals surface area (Å²) in [6, 6.07) is 18.3. The molecule has 0 aliphatic carbocycles. The van der Waals surface area contributed by atoms with E-state index in [2.05, 4.69) is 0 Å². The van der Waals surface area contributed by atoms with Gasteiger partial charge in [0.25, 0.3) is 5.91 Å². The van der Waals surface area contributed by atoms with E-state index in [0.717, 1.165) is 16.5 Å². The maximum atomic E-state index is 12.6. The van der Waals surface area contributed by atoms with Crippen molar-refractivity contribution in [1.29, 1.82) is 0 Å². The third kappa shape index (κ3) is 3.24. The van der Waals surface area contributed by atoms with E-state index in [1.54, 1.807) is 13.0 Å². The fraction of sp³-hybridized carbons (Fsp3) is 0.182. The molecule has 28 heavy (non-hydrogen) atoms. The number of carboxylic acids is 1. The molecule has 0 spiro atoms. The first-order chi connectivity index (χ1) is 13.5. The molecule has 1 N–H and O–H groups in total. The Balaban J connectivity index is 1.56. The lowest BCUT2D eigenvalue weighted by Crippen LogP contribution is -2.46. The normalized spacial score (nSPS) is 15.8. The van der Waals surface area contributed by atoms with Crippen molar-refractivity contribution in [3.8, 4) is 11.5 Å². The van der Waals surface area contributed by atoms with Crippen LogP contribution in [0.4, 0.5) is 5.69 Å². The highest BCUT2D eigenvalue weighted by atomic mass is 16.5. The summed E-state index contributed by atoms with van der Waals surface area (Å²) in [6.45, 7) is 2.23. The molecular formula is C22H19NO5. The van der Waals surface area contributed by atoms with E-state index in [0.29, 0.717) is 11.4 Å². The van der Waals surface area contributed by atoms with Crippen LogP contribution in [0.1, 0.15) is 17.3 Å². The summed E-state index contributed by atoms with van der Waals surface area (Å²) in [5, 5.41) is 11.3. The Morgan fingerprint density at radius 3 is 2.75 bits per heavy atom. The number of amides is 1. The zero-order chi connectivity index (χ0) is 19.7. The second kappa shape index (κ2) is 7.23. The fourth-order valence-corrected chi connectivity index (χ4v) is 3.34. The third-order valence-corrected chi connectivity index (χ3v) is 4.74. The van der Waals surface area contributed by atoms with Gasteiger partial charge in [0.15, 0.2) is 6.10 Å². The van der Waals surface area contributed by atoms with E-state index in [1.807, 2.05) is 42.5 Å². The summed E-state index contributed by atoms with van der Waals surface area (Å²) >= 11 is 0. The smallest absolute Gasteiger partial charge is 0.335 e. The average molecular weight is 377 g/mol. The van der Waals surface area contributed by atoms with Crippen molar-refractivity contribution in [3.05, 3.63) is 66.2 Å². The van der Waals surface area contributed by atoms with Gasteiger partial charge in [0.05, 0.1) is 17.8 Å². The largest absolute Gasteiger partial charge is 0.491 e. The molecule has 6 nitrogen and oxygen atoms in total. The second-order valence-corrected chi connectivity index (χ2v) is 6.56. The molecule has 0 saturated heterocycles. The third-order valence-electron chi connectivity index (χ3n) is 4.74. The monoisotopic (exact) mass is 377 g/mol. The predicted octanol–water partition coefficient (Wildman–Crippen LogP) is 3.73. The molecule has 1 aliphatic rings. The standard InChI is InChI=1S/C22H19NO5/c1-14-21(24)23(18-13-16(22(25)26)9-10-20(18)28-14)11-12-27-19-8-4-6-15-5-2-3-7-17(15)19/h2-10,13-14H,11-12H2,1H3,(H,25,26). The van der Waals surface area contributed by atoms with Gasteiger partial charge in [0.2, 0.25) is 0 Å². The first kappa shape index (κ1) is 17.9. The van der Waals surface area contributed by atoms with Crippen LogP contribution < -0.4 is 14.4 Å². The van der Waals surface area contributed by atoms with Gasteiger partial charge in [-0.3, -0.25) is 4.79 Å². The molecule has 1 aliphatic heterocycles. The minimum absolute atomic E-state index is 0.102. The van der Waals surface area contributed by atoms with E-state index in [1.165, 1.54) is 17.0 Å². The van der Waals surface area contributed by atoms with E-state index in [-0.39, 0.29) is 24.6 Å². The van der Waals surface area contributed by atoms with Crippen LogP contribution in [0, 0.1) is 0 Å². The van der Waals surface area contributed by atoms with Crippen LogP contribution in [0.2, 0.25) is 0 Å². The number of carboxylic acid groups (broad SMARTS) is 1. The minimum atomic E-state index is -1.05. The highest BCUT2D eigenvalue weighted by Crippen LogP contribution is 2.35. The SMILES string of the molecule is CC1Oc2ccc(C(=O)O)cc2N(CCOc2cccc3ccccc23)C1=O. The van der Waals surface area contributed by atoms with Crippen LogP contribution in [0.25, 0.3) is 10.8 Å². The Labute approximate surface area is 161 Å². The number of benzene rings is 3. The van der Waals surface area contributed by atoms with Gasteiger partial charge in [0.1, 0.15) is 18.1 Å². The van der Waals surface area contributed by atoms with Gasteiger partial charge < -0.3 is 19.5 Å². The van der Waals surface area contributed by atoms with Gasteiger partial charge in [-0.25, -0.2) is 4.79 Å². The van der Waals surface area contributed by atoms with E-state index in [9.17, 15) is 14.7 Å². The number of rotatable bonds is 5. The molecule has 0 aromatic heterocycles. The van der Waals surface area contributed by atoms with Crippen LogP contribution in [0.5, 0.6) is 11.5 Å². The molecule has 6 heteroatoms. The Morgan fingerprint density at radius 2 is 1.93 bits per heavy atom. The molecule has 0 fully saturated rings. The van der Waals surface area contributed by atoms with Crippen molar-refractivity contribution in [2.75, 3.05) is 18.1 Å².